The van der Waals surface area contributed by atoms with Crippen molar-refractivity contribution in [3.63, 3.8) is 0 Å². The van der Waals surface area contributed by atoms with Crippen LogP contribution < -0.4 is 10.1 Å². The molecule has 1 amide bonds. The van der Waals surface area contributed by atoms with Gasteiger partial charge in [0.05, 0.1) is 23.0 Å². The summed E-state index contributed by atoms with van der Waals surface area (Å²) in [5.74, 6) is -4.17. The van der Waals surface area contributed by atoms with Crippen LogP contribution in [-0.4, -0.2) is 37.9 Å². The molecule has 0 saturated heterocycles. The van der Waals surface area contributed by atoms with E-state index in [1.54, 1.807) is 0 Å². The fourth-order valence-corrected chi connectivity index (χ4v) is 3.90. The first-order valence-electron chi connectivity index (χ1n) is 11.0. The van der Waals surface area contributed by atoms with Gasteiger partial charge in [-0.15, -0.1) is 0 Å². The molecule has 10 heteroatoms. The van der Waals surface area contributed by atoms with Gasteiger partial charge in [-0.1, -0.05) is 0 Å². The zero-order chi connectivity index (χ0) is 24.3. The van der Waals surface area contributed by atoms with E-state index in [0.29, 0.717) is 11.3 Å². The van der Waals surface area contributed by atoms with Crippen molar-refractivity contribution < 1.29 is 22.7 Å². The summed E-state index contributed by atoms with van der Waals surface area (Å²) in [4.78, 5) is 29.7. The highest BCUT2D eigenvalue weighted by molar-refractivity contribution is 6.06. The summed E-state index contributed by atoms with van der Waals surface area (Å²) in [5.41, 5.74) is 1.15. The number of aromatic nitrogens is 4. The number of nitrogens with one attached hydrogen (secondary N) is 1. The Labute approximate surface area is 194 Å². The Morgan fingerprint density at radius 3 is 2.44 bits per heavy atom. The molecule has 1 fully saturated rings. The Bertz CT molecular complexity index is 1160. The maximum absolute atomic E-state index is 14.6. The predicted octanol–water partition coefficient (Wildman–Crippen LogP) is 5.41. The summed E-state index contributed by atoms with van der Waals surface area (Å²) in [6, 6.07) is 4.39. The largest absolute Gasteiger partial charge is 0.461 e. The van der Waals surface area contributed by atoms with Crippen LogP contribution in [0, 0.1) is 5.82 Å². The van der Waals surface area contributed by atoms with Crippen molar-refractivity contribution in [2.45, 2.75) is 57.5 Å². The molecule has 0 radical (unpaired) electrons. The first-order valence-corrected chi connectivity index (χ1v) is 11.0. The minimum absolute atomic E-state index is 0.0273. The number of nitrogens with zero attached hydrogens (tertiary/aromatic N) is 4. The molecular weight excluding hydrogens is 447 g/mol. The maximum atomic E-state index is 14.6. The van der Waals surface area contributed by atoms with Crippen LogP contribution in [0.2, 0.25) is 0 Å². The van der Waals surface area contributed by atoms with Crippen LogP contribution in [0.1, 0.15) is 61.5 Å². The van der Waals surface area contributed by atoms with Gasteiger partial charge in [-0.25, -0.2) is 23.1 Å². The lowest BCUT2D eigenvalue weighted by Crippen LogP contribution is -2.25. The molecule has 178 valence electrons. The smallest absolute Gasteiger partial charge is 0.316 e. The lowest BCUT2D eigenvalue weighted by molar-refractivity contribution is -0.0384. The molecular formula is C24H24F3N5O2. The molecule has 34 heavy (non-hydrogen) atoms. The predicted molar refractivity (Wildman–Crippen MR) is 119 cm³/mol. The van der Waals surface area contributed by atoms with Gasteiger partial charge in [0.25, 0.3) is 5.91 Å². The molecule has 3 aromatic rings. The average molecular weight is 471 g/mol. The van der Waals surface area contributed by atoms with Gasteiger partial charge in [0.2, 0.25) is 5.92 Å². The number of hydrogen-bond donors (Lipinski definition) is 1. The van der Waals surface area contributed by atoms with Crippen LogP contribution in [0.3, 0.4) is 0 Å². The second-order valence-electron chi connectivity index (χ2n) is 8.46. The molecule has 0 bridgehead atoms. The molecule has 0 spiro atoms. The lowest BCUT2D eigenvalue weighted by Gasteiger charge is -2.29. The molecule has 0 aliphatic heterocycles. The second-order valence-corrected chi connectivity index (χ2v) is 8.46. The molecule has 1 saturated carbocycles. The summed E-state index contributed by atoms with van der Waals surface area (Å²) in [5, 5.41) is 2.78. The van der Waals surface area contributed by atoms with E-state index in [-0.39, 0.29) is 60.7 Å². The molecule has 3 heterocycles. The van der Waals surface area contributed by atoms with Gasteiger partial charge >= 0.3 is 6.01 Å². The highest BCUT2D eigenvalue weighted by atomic mass is 19.3. The number of ether oxygens (including phenoxy) is 1. The number of carbonyl (C=O) groups is 1. The zero-order valence-electron chi connectivity index (χ0n) is 18.8. The van der Waals surface area contributed by atoms with E-state index in [1.807, 2.05) is 13.8 Å². The van der Waals surface area contributed by atoms with Crippen LogP contribution in [0.4, 0.5) is 18.9 Å². The van der Waals surface area contributed by atoms with Gasteiger partial charge in [-0.3, -0.25) is 14.8 Å². The van der Waals surface area contributed by atoms with E-state index in [1.165, 1.54) is 43.0 Å². The highest BCUT2D eigenvalue weighted by Gasteiger charge is 2.37. The van der Waals surface area contributed by atoms with Crippen LogP contribution in [0.25, 0.3) is 11.3 Å². The molecule has 0 unspecified atom stereocenters. The second kappa shape index (κ2) is 9.74. The molecule has 1 N–H and O–H groups in total. The molecule has 4 rings (SSSR count). The quantitative estimate of drug-likeness (QED) is 0.517. The van der Waals surface area contributed by atoms with Crippen molar-refractivity contribution in [2.24, 2.45) is 0 Å². The van der Waals surface area contributed by atoms with Crippen LogP contribution in [0.15, 0.2) is 43.0 Å². The third kappa shape index (κ3) is 5.32. The van der Waals surface area contributed by atoms with Crippen molar-refractivity contribution in [3.05, 3.63) is 60.1 Å². The van der Waals surface area contributed by atoms with Gasteiger partial charge in [0, 0.05) is 49.1 Å². The number of pyridine rings is 2. The zero-order valence-corrected chi connectivity index (χ0v) is 18.8. The van der Waals surface area contributed by atoms with Crippen LogP contribution in [-0.2, 0) is 0 Å². The number of anilines is 1. The Kier molecular flexibility index (Phi) is 6.76. The van der Waals surface area contributed by atoms with Crippen molar-refractivity contribution in [2.75, 3.05) is 5.32 Å². The Balaban J connectivity index is 1.70. The molecule has 7 nitrogen and oxygen atoms in total. The Morgan fingerprint density at radius 1 is 1.09 bits per heavy atom. The van der Waals surface area contributed by atoms with Gasteiger partial charge in [-0.05, 0) is 44.9 Å². The minimum Gasteiger partial charge on any atom is -0.461 e. The number of halogens is 3. The van der Waals surface area contributed by atoms with Crippen molar-refractivity contribution in [1.82, 2.24) is 19.9 Å². The van der Waals surface area contributed by atoms with Gasteiger partial charge < -0.3 is 10.1 Å². The average Bonchev–Trinajstić information content (AvgIpc) is 2.80. The molecule has 0 aromatic carbocycles. The van der Waals surface area contributed by atoms with Crippen LogP contribution in [0.5, 0.6) is 6.01 Å². The molecule has 1 aliphatic rings. The SMILES string of the molecule is CC(C)Oc1ncc(C(=O)Nc2c(-c3ncccc3F)ccnc2C2CCC(F)(F)CC2)cn1. The normalized spacial score (nSPS) is 15.8. The summed E-state index contributed by atoms with van der Waals surface area (Å²) in [6.45, 7) is 3.65. The first-order chi connectivity index (χ1) is 16.2. The van der Waals surface area contributed by atoms with E-state index in [2.05, 4.69) is 25.3 Å². The van der Waals surface area contributed by atoms with Gasteiger partial charge in [0.1, 0.15) is 11.5 Å². The van der Waals surface area contributed by atoms with Crippen molar-refractivity contribution in [3.8, 4) is 17.3 Å². The lowest BCUT2D eigenvalue weighted by atomic mass is 9.83. The van der Waals surface area contributed by atoms with E-state index >= 15 is 0 Å². The Morgan fingerprint density at radius 2 is 1.79 bits per heavy atom. The summed E-state index contributed by atoms with van der Waals surface area (Å²) >= 11 is 0. The molecule has 0 atom stereocenters. The number of hydrogen-bond acceptors (Lipinski definition) is 6. The topological polar surface area (TPSA) is 89.9 Å². The van der Waals surface area contributed by atoms with Gasteiger partial charge in [-0.2, -0.15) is 0 Å². The van der Waals surface area contributed by atoms with E-state index in [0.717, 1.165) is 0 Å². The first kappa shape index (κ1) is 23.6. The summed E-state index contributed by atoms with van der Waals surface area (Å²) < 4.78 is 47.5. The van der Waals surface area contributed by atoms with Crippen LogP contribution >= 0.6 is 0 Å². The van der Waals surface area contributed by atoms with Crippen molar-refractivity contribution in [1.29, 1.82) is 0 Å². The number of alkyl halides is 2. The van der Waals surface area contributed by atoms with E-state index in [9.17, 15) is 18.0 Å². The van der Waals surface area contributed by atoms with Gasteiger partial charge in [0.15, 0.2) is 0 Å². The summed E-state index contributed by atoms with van der Waals surface area (Å²) in [7, 11) is 0. The maximum Gasteiger partial charge on any atom is 0.316 e. The third-order valence-electron chi connectivity index (χ3n) is 5.57. The number of carbonyl (C=O) groups excluding carboxylic acids is 1. The third-order valence-corrected chi connectivity index (χ3v) is 5.57. The molecule has 1 aliphatic carbocycles. The fraction of sp³-hybridized carbons (Fsp3) is 0.375. The Hall–Kier alpha value is -3.56. The summed E-state index contributed by atoms with van der Waals surface area (Å²) in [6.07, 6.45) is 5.25. The van der Waals surface area contributed by atoms with E-state index < -0.39 is 17.6 Å². The van der Waals surface area contributed by atoms with Crippen molar-refractivity contribution >= 4 is 11.6 Å². The number of rotatable bonds is 6. The standard InChI is InChI=1S/C24H24F3N5O2/c1-14(2)34-23-30-12-16(13-31-23)22(33)32-21-17(20-18(25)4-3-10-28-20)7-11-29-19(21)15-5-8-24(26,27)9-6-15/h3-4,7,10-15H,5-6,8-9H2,1-2H3,(H,32,33). The number of amides is 1. The van der Waals surface area contributed by atoms with E-state index in [4.69, 9.17) is 4.74 Å². The minimum atomic E-state index is -2.72. The highest BCUT2D eigenvalue weighted by Crippen LogP contribution is 2.44. The molecule has 3 aromatic heterocycles. The fourth-order valence-electron chi connectivity index (χ4n) is 3.90. The monoisotopic (exact) mass is 471 g/mol.